The summed E-state index contributed by atoms with van der Waals surface area (Å²) in [5, 5.41) is 19.8. The minimum Gasteiger partial charge on any atom is -0.393 e. The number of halogens is 1. The number of fused-ring (bicyclic) bond motifs is 5. The normalized spacial score (nSPS) is 53.1. The molecule has 4 rings (SSSR count). The molecule has 4 aliphatic rings. The van der Waals surface area contributed by atoms with E-state index in [1.54, 1.807) is 0 Å². The summed E-state index contributed by atoms with van der Waals surface area (Å²) in [7, 11) is 0. The summed E-state index contributed by atoms with van der Waals surface area (Å²) in [6.07, 6.45) is 11.0. The second kappa shape index (κ2) is 6.09. The lowest BCUT2D eigenvalue weighted by molar-refractivity contribution is -0.116. The van der Waals surface area contributed by atoms with Crippen LogP contribution in [0.3, 0.4) is 0 Å². The molecule has 0 radical (unpaired) electrons. The van der Waals surface area contributed by atoms with Gasteiger partial charge in [-0.05, 0) is 92.3 Å². The van der Waals surface area contributed by atoms with Gasteiger partial charge in [-0.15, -0.1) is 0 Å². The van der Waals surface area contributed by atoms with Gasteiger partial charge in [0.1, 0.15) is 0 Å². The lowest BCUT2D eigenvalue weighted by atomic mass is 9.45. The van der Waals surface area contributed by atoms with Crippen LogP contribution in [0.4, 0.5) is 0 Å². The molecule has 0 spiro atoms. The first kappa shape index (κ1) is 17.5. The van der Waals surface area contributed by atoms with E-state index in [0.717, 1.165) is 41.0 Å². The monoisotopic (exact) mass is 396 g/mol. The fraction of sp³-hybridized carbons (Fsp3) is 0.905. The van der Waals surface area contributed by atoms with Gasteiger partial charge in [-0.1, -0.05) is 35.4 Å². The molecule has 4 aliphatic carbocycles. The Balaban J connectivity index is 1.63. The molecule has 0 unspecified atom stereocenters. The van der Waals surface area contributed by atoms with Crippen molar-refractivity contribution < 1.29 is 10.2 Å². The van der Waals surface area contributed by atoms with Gasteiger partial charge in [-0.3, -0.25) is 0 Å². The predicted octanol–water partition coefficient (Wildman–Crippen LogP) is 5.03. The Morgan fingerprint density at radius 1 is 1.08 bits per heavy atom. The molecule has 0 aliphatic heterocycles. The Morgan fingerprint density at radius 3 is 2.62 bits per heavy atom. The fourth-order valence-electron chi connectivity index (χ4n) is 7.59. The molecule has 0 amide bonds. The highest BCUT2D eigenvalue weighted by molar-refractivity contribution is 9.11. The third kappa shape index (κ3) is 2.41. The second-order valence-corrected chi connectivity index (χ2v) is 10.6. The van der Waals surface area contributed by atoms with Crippen molar-refractivity contribution in [2.45, 2.75) is 77.7 Å². The summed E-state index contributed by atoms with van der Waals surface area (Å²) in [6.45, 7) is 5.19. The van der Waals surface area contributed by atoms with E-state index in [0.29, 0.717) is 10.8 Å². The highest BCUT2D eigenvalue weighted by atomic mass is 79.9. The molecule has 24 heavy (non-hydrogen) atoms. The molecule has 2 N–H and O–H groups in total. The van der Waals surface area contributed by atoms with Crippen molar-refractivity contribution in [1.82, 2.24) is 0 Å². The average Bonchev–Trinajstić information content (AvgIpc) is 2.92. The molecular weight excluding hydrogens is 364 g/mol. The lowest BCUT2D eigenvalue weighted by Gasteiger charge is -2.60. The second-order valence-electron chi connectivity index (χ2n) is 9.62. The van der Waals surface area contributed by atoms with Gasteiger partial charge in [0.15, 0.2) is 0 Å². The van der Waals surface area contributed by atoms with Crippen LogP contribution in [0.1, 0.15) is 71.6 Å². The van der Waals surface area contributed by atoms with Gasteiger partial charge < -0.3 is 10.2 Å². The number of aliphatic hydroxyl groups excluding tert-OH is 2. The first-order valence-corrected chi connectivity index (χ1v) is 10.9. The topological polar surface area (TPSA) is 40.5 Å². The number of allylic oxidation sites excluding steroid dienone is 1. The molecule has 4 fully saturated rings. The predicted molar refractivity (Wildman–Crippen MR) is 101 cm³/mol. The number of rotatable bonds is 1. The van der Waals surface area contributed by atoms with Crippen LogP contribution in [-0.2, 0) is 0 Å². The molecule has 0 aromatic rings. The van der Waals surface area contributed by atoms with Gasteiger partial charge in [0.05, 0.1) is 12.7 Å². The van der Waals surface area contributed by atoms with Gasteiger partial charge >= 0.3 is 0 Å². The summed E-state index contributed by atoms with van der Waals surface area (Å²) in [6, 6.07) is 0. The van der Waals surface area contributed by atoms with E-state index < -0.39 is 0 Å². The summed E-state index contributed by atoms with van der Waals surface area (Å²) < 4.78 is 1.06. The largest absolute Gasteiger partial charge is 0.393 e. The Bertz CT molecular complexity index is 544. The SMILES string of the molecule is C[C@]12CC[C@@H](O)C[C@@H]1CC[C@H]1[C@H]2CC[C@]2(C)/C(=C(/Br)CO)CC[C@@H]12. The van der Waals surface area contributed by atoms with Crippen LogP contribution in [0.25, 0.3) is 0 Å². The van der Waals surface area contributed by atoms with Crippen molar-refractivity contribution in [1.29, 1.82) is 0 Å². The van der Waals surface area contributed by atoms with E-state index in [2.05, 4.69) is 29.8 Å². The Kier molecular flexibility index (Phi) is 4.46. The fourth-order valence-corrected chi connectivity index (χ4v) is 8.24. The number of hydrogen-bond acceptors (Lipinski definition) is 2. The molecule has 0 saturated heterocycles. The molecule has 2 nitrogen and oxygen atoms in total. The Morgan fingerprint density at radius 2 is 1.88 bits per heavy atom. The summed E-state index contributed by atoms with van der Waals surface area (Å²) in [4.78, 5) is 0. The van der Waals surface area contributed by atoms with Gasteiger partial charge in [0.25, 0.3) is 0 Å². The van der Waals surface area contributed by atoms with Gasteiger partial charge in [-0.25, -0.2) is 0 Å². The highest BCUT2D eigenvalue weighted by Gasteiger charge is 2.59. The van der Waals surface area contributed by atoms with Crippen LogP contribution in [0.5, 0.6) is 0 Å². The molecule has 136 valence electrons. The Labute approximate surface area is 155 Å². The van der Waals surface area contributed by atoms with Gasteiger partial charge in [0, 0.05) is 4.48 Å². The highest BCUT2D eigenvalue weighted by Crippen LogP contribution is 2.67. The zero-order chi connectivity index (χ0) is 17.1. The molecule has 0 bridgehead atoms. The smallest absolute Gasteiger partial charge is 0.0746 e. The van der Waals surface area contributed by atoms with Crippen molar-refractivity contribution in [3.8, 4) is 0 Å². The summed E-state index contributed by atoms with van der Waals surface area (Å²) >= 11 is 3.66. The van der Waals surface area contributed by atoms with E-state index in [-0.39, 0.29) is 12.7 Å². The zero-order valence-electron chi connectivity index (χ0n) is 15.2. The van der Waals surface area contributed by atoms with Crippen LogP contribution in [-0.4, -0.2) is 22.9 Å². The van der Waals surface area contributed by atoms with Crippen LogP contribution in [0.2, 0.25) is 0 Å². The minimum absolute atomic E-state index is 0.0463. The number of hydrogen-bond donors (Lipinski definition) is 2. The van der Waals surface area contributed by atoms with E-state index in [1.807, 2.05) is 0 Å². The molecule has 7 atom stereocenters. The van der Waals surface area contributed by atoms with Crippen molar-refractivity contribution in [2.24, 2.45) is 34.5 Å². The maximum atomic E-state index is 10.1. The van der Waals surface area contributed by atoms with Crippen LogP contribution in [0, 0.1) is 34.5 Å². The molecule has 0 aromatic carbocycles. The van der Waals surface area contributed by atoms with Crippen molar-refractivity contribution in [2.75, 3.05) is 6.61 Å². The van der Waals surface area contributed by atoms with E-state index in [9.17, 15) is 10.2 Å². The van der Waals surface area contributed by atoms with E-state index >= 15 is 0 Å². The third-order valence-corrected chi connectivity index (χ3v) is 9.62. The standard InChI is InChI=1S/C21H33BrO2/c1-20-9-7-14(24)11-13(20)3-4-15-16-5-6-18(19(22)12-23)21(16,2)10-8-17(15)20/h13-17,23-24H,3-12H2,1-2H3/b19-18+/t13-,14+,15+,16-,17+,20-,21-/m0/s1. The molecule has 0 aromatic heterocycles. The van der Waals surface area contributed by atoms with Crippen molar-refractivity contribution >= 4 is 15.9 Å². The van der Waals surface area contributed by atoms with Crippen LogP contribution < -0.4 is 0 Å². The zero-order valence-corrected chi connectivity index (χ0v) is 16.8. The first-order chi connectivity index (χ1) is 11.4. The van der Waals surface area contributed by atoms with Gasteiger partial charge in [0.2, 0.25) is 0 Å². The van der Waals surface area contributed by atoms with Gasteiger partial charge in [-0.2, -0.15) is 0 Å². The van der Waals surface area contributed by atoms with E-state index in [4.69, 9.17) is 0 Å². The third-order valence-electron chi connectivity index (χ3n) is 8.89. The van der Waals surface area contributed by atoms with Crippen LogP contribution in [0.15, 0.2) is 10.1 Å². The maximum Gasteiger partial charge on any atom is 0.0746 e. The Hall–Kier alpha value is 0.140. The first-order valence-electron chi connectivity index (χ1n) is 10.1. The minimum atomic E-state index is -0.0463. The molecule has 3 heteroatoms. The molecular formula is C21H33BrO2. The molecule has 0 heterocycles. The number of aliphatic hydroxyl groups is 2. The summed E-state index contributed by atoms with van der Waals surface area (Å²) in [5.41, 5.74) is 2.28. The molecule has 4 saturated carbocycles. The van der Waals surface area contributed by atoms with E-state index in [1.165, 1.54) is 50.5 Å². The maximum absolute atomic E-state index is 10.1. The van der Waals surface area contributed by atoms with Crippen molar-refractivity contribution in [3.63, 3.8) is 0 Å². The average molecular weight is 397 g/mol. The van der Waals surface area contributed by atoms with Crippen molar-refractivity contribution in [3.05, 3.63) is 10.1 Å². The quantitative estimate of drug-likeness (QED) is 0.652. The summed E-state index contributed by atoms with van der Waals surface area (Å²) in [5.74, 6) is 3.26. The van der Waals surface area contributed by atoms with Crippen LogP contribution >= 0.6 is 15.9 Å². The lowest BCUT2D eigenvalue weighted by Crippen LogP contribution is -2.53.